The maximum absolute atomic E-state index is 12.9. The largest absolute Gasteiger partial charge is 0.477 e. The lowest BCUT2D eigenvalue weighted by atomic mass is 10.2. The van der Waals surface area contributed by atoms with Crippen LogP contribution in [0.25, 0.3) is 6.08 Å². The first kappa shape index (κ1) is 10.2. The van der Waals surface area contributed by atoms with Crippen LogP contribution >= 0.6 is 0 Å². The average molecular weight is 199 g/mol. The van der Waals surface area contributed by atoms with E-state index in [2.05, 4.69) is 0 Å². The number of benzene rings is 1. The first-order chi connectivity index (χ1) is 6.50. The van der Waals surface area contributed by atoms with E-state index < -0.39 is 23.3 Å². The van der Waals surface area contributed by atoms with Crippen LogP contribution in [-0.4, -0.2) is 11.1 Å². The normalized spacial score (nSPS) is 11.4. The maximum atomic E-state index is 12.9. The fraction of sp³-hybridized carbons (Fsp3) is 0. The SMILES string of the molecule is N/C(=C/c1cc(F)ccc1F)C(=O)O. The molecule has 0 fully saturated rings. The number of carboxylic acids is 1. The molecule has 0 saturated heterocycles. The van der Waals surface area contributed by atoms with E-state index in [1.165, 1.54) is 0 Å². The van der Waals surface area contributed by atoms with Crippen molar-refractivity contribution in [2.45, 2.75) is 0 Å². The van der Waals surface area contributed by atoms with E-state index >= 15 is 0 Å². The standard InChI is InChI=1S/C9H7F2NO2/c10-6-1-2-7(11)5(3-6)4-8(12)9(13)14/h1-4H,12H2,(H,13,14)/b8-4+. The molecule has 74 valence electrons. The van der Waals surface area contributed by atoms with E-state index in [1.54, 1.807) is 0 Å². The van der Waals surface area contributed by atoms with E-state index in [9.17, 15) is 13.6 Å². The van der Waals surface area contributed by atoms with Crippen LogP contribution < -0.4 is 5.73 Å². The molecule has 14 heavy (non-hydrogen) atoms. The van der Waals surface area contributed by atoms with Gasteiger partial charge in [-0.2, -0.15) is 0 Å². The molecule has 0 saturated carbocycles. The summed E-state index contributed by atoms with van der Waals surface area (Å²) in [6.07, 6.45) is 0.862. The van der Waals surface area contributed by atoms with E-state index in [0.29, 0.717) is 0 Å². The molecule has 0 aliphatic heterocycles. The quantitative estimate of drug-likeness (QED) is 0.706. The van der Waals surface area contributed by atoms with Crippen molar-refractivity contribution in [1.29, 1.82) is 0 Å². The molecule has 0 atom stereocenters. The third-order valence-corrected chi connectivity index (χ3v) is 1.52. The summed E-state index contributed by atoms with van der Waals surface area (Å²) in [5.74, 6) is -2.76. The van der Waals surface area contributed by atoms with Crippen LogP contribution in [0.15, 0.2) is 23.9 Å². The number of rotatable bonds is 2. The Morgan fingerprint density at radius 3 is 2.64 bits per heavy atom. The minimum absolute atomic E-state index is 0.190. The van der Waals surface area contributed by atoms with Gasteiger partial charge in [0.05, 0.1) is 0 Å². The van der Waals surface area contributed by atoms with Gasteiger partial charge in [-0.25, -0.2) is 13.6 Å². The minimum atomic E-state index is -1.38. The summed E-state index contributed by atoms with van der Waals surface area (Å²) in [6.45, 7) is 0. The second-order valence-corrected chi connectivity index (χ2v) is 2.57. The molecule has 5 heteroatoms. The molecule has 0 aromatic heterocycles. The molecular weight excluding hydrogens is 192 g/mol. The van der Waals surface area contributed by atoms with Crippen molar-refractivity contribution in [2.75, 3.05) is 0 Å². The van der Waals surface area contributed by atoms with E-state index in [4.69, 9.17) is 10.8 Å². The summed E-state index contributed by atoms with van der Waals surface area (Å²) in [6, 6.07) is 2.70. The Labute approximate surface area is 78.5 Å². The number of carboxylic acid groups (broad SMARTS) is 1. The van der Waals surface area contributed by atoms with Gasteiger partial charge < -0.3 is 10.8 Å². The lowest BCUT2D eigenvalue weighted by Gasteiger charge is -1.98. The summed E-state index contributed by atoms with van der Waals surface area (Å²) in [7, 11) is 0. The van der Waals surface area contributed by atoms with Crippen molar-refractivity contribution in [1.82, 2.24) is 0 Å². The van der Waals surface area contributed by atoms with Crippen LogP contribution in [0.3, 0.4) is 0 Å². The van der Waals surface area contributed by atoms with Gasteiger partial charge >= 0.3 is 5.97 Å². The Kier molecular flexibility index (Phi) is 2.81. The van der Waals surface area contributed by atoms with E-state index in [0.717, 1.165) is 24.3 Å². The highest BCUT2D eigenvalue weighted by Gasteiger charge is 2.05. The van der Waals surface area contributed by atoms with Gasteiger partial charge in [-0.05, 0) is 24.3 Å². The van der Waals surface area contributed by atoms with Gasteiger partial charge in [0, 0.05) is 5.56 Å². The zero-order valence-electron chi connectivity index (χ0n) is 7.00. The molecule has 0 amide bonds. The molecule has 0 bridgehead atoms. The van der Waals surface area contributed by atoms with Crippen molar-refractivity contribution in [3.05, 3.63) is 41.1 Å². The Hall–Kier alpha value is -1.91. The molecule has 0 heterocycles. The van der Waals surface area contributed by atoms with Crippen LogP contribution in [-0.2, 0) is 4.79 Å². The van der Waals surface area contributed by atoms with Gasteiger partial charge in [0.1, 0.15) is 17.3 Å². The fourth-order valence-corrected chi connectivity index (χ4v) is 0.854. The molecule has 0 aliphatic carbocycles. The van der Waals surface area contributed by atoms with Crippen molar-refractivity contribution in [3.8, 4) is 0 Å². The first-order valence-electron chi connectivity index (χ1n) is 3.66. The van der Waals surface area contributed by atoms with Gasteiger partial charge in [0.15, 0.2) is 0 Å². The Balaban J connectivity index is 3.13. The number of nitrogens with two attached hydrogens (primary N) is 1. The predicted molar refractivity (Wildman–Crippen MR) is 46.2 cm³/mol. The monoisotopic (exact) mass is 199 g/mol. The number of hydrogen-bond donors (Lipinski definition) is 2. The third kappa shape index (κ3) is 2.29. The topological polar surface area (TPSA) is 63.3 Å². The van der Waals surface area contributed by atoms with Crippen molar-refractivity contribution < 1.29 is 18.7 Å². The molecule has 0 spiro atoms. The lowest BCUT2D eigenvalue weighted by Crippen LogP contribution is -2.09. The summed E-state index contributed by atoms with van der Waals surface area (Å²) in [5.41, 5.74) is 4.30. The second kappa shape index (κ2) is 3.87. The molecule has 0 aliphatic rings. The third-order valence-electron chi connectivity index (χ3n) is 1.52. The molecular formula is C9H7F2NO2. The highest BCUT2D eigenvalue weighted by atomic mass is 19.1. The minimum Gasteiger partial charge on any atom is -0.477 e. The van der Waals surface area contributed by atoms with Crippen molar-refractivity contribution in [2.24, 2.45) is 5.73 Å². The molecule has 1 rings (SSSR count). The van der Waals surface area contributed by atoms with Gasteiger partial charge in [0.25, 0.3) is 0 Å². The summed E-state index contributed by atoms with van der Waals surface area (Å²) < 4.78 is 25.5. The van der Waals surface area contributed by atoms with Crippen molar-refractivity contribution in [3.63, 3.8) is 0 Å². The number of halogens is 2. The van der Waals surface area contributed by atoms with Gasteiger partial charge in [-0.15, -0.1) is 0 Å². The number of carbonyl (C=O) groups is 1. The molecule has 0 radical (unpaired) electrons. The Bertz CT molecular complexity index is 402. The van der Waals surface area contributed by atoms with Crippen LogP contribution in [0.5, 0.6) is 0 Å². The summed E-state index contributed by atoms with van der Waals surface area (Å²) >= 11 is 0. The highest BCUT2D eigenvalue weighted by molar-refractivity contribution is 5.90. The fourth-order valence-electron chi connectivity index (χ4n) is 0.854. The average Bonchev–Trinajstić information content (AvgIpc) is 2.11. The lowest BCUT2D eigenvalue weighted by molar-refractivity contribution is -0.132. The van der Waals surface area contributed by atoms with Gasteiger partial charge in [0.2, 0.25) is 0 Å². The molecule has 1 aromatic rings. The Morgan fingerprint density at radius 2 is 2.07 bits per heavy atom. The van der Waals surface area contributed by atoms with Crippen molar-refractivity contribution >= 4 is 12.0 Å². The number of aliphatic carboxylic acids is 1. The van der Waals surface area contributed by atoms with E-state index in [-0.39, 0.29) is 5.56 Å². The molecule has 3 N–H and O–H groups in total. The maximum Gasteiger partial charge on any atom is 0.351 e. The van der Waals surface area contributed by atoms with Crippen LogP contribution in [0.4, 0.5) is 8.78 Å². The second-order valence-electron chi connectivity index (χ2n) is 2.57. The predicted octanol–water partition coefficient (Wildman–Crippen LogP) is 1.35. The van der Waals surface area contributed by atoms with Gasteiger partial charge in [-0.1, -0.05) is 0 Å². The van der Waals surface area contributed by atoms with Gasteiger partial charge in [-0.3, -0.25) is 0 Å². The van der Waals surface area contributed by atoms with Crippen LogP contribution in [0.1, 0.15) is 5.56 Å². The molecule has 3 nitrogen and oxygen atoms in total. The van der Waals surface area contributed by atoms with Crippen LogP contribution in [0, 0.1) is 11.6 Å². The highest BCUT2D eigenvalue weighted by Crippen LogP contribution is 2.12. The zero-order valence-corrected chi connectivity index (χ0v) is 7.00. The Morgan fingerprint density at radius 1 is 1.43 bits per heavy atom. The summed E-state index contributed by atoms with van der Waals surface area (Å²) in [4.78, 5) is 10.3. The smallest absolute Gasteiger partial charge is 0.351 e. The summed E-state index contributed by atoms with van der Waals surface area (Å²) in [5, 5.41) is 8.39. The van der Waals surface area contributed by atoms with Crippen LogP contribution in [0.2, 0.25) is 0 Å². The molecule has 1 aromatic carbocycles. The molecule has 0 unspecified atom stereocenters. The first-order valence-corrected chi connectivity index (χ1v) is 3.66. The zero-order chi connectivity index (χ0) is 10.7. The van der Waals surface area contributed by atoms with E-state index in [1.807, 2.05) is 0 Å². The number of hydrogen-bond acceptors (Lipinski definition) is 2.